The van der Waals surface area contributed by atoms with E-state index in [2.05, 4.69) is 5.32 Å². The van der Waals surface area contributed by atoms with Crippen LogP contribution in [0.15, 0.2) is 54.6 Å². The van der Waals surface area contributed by atoms with Crippen molar-refractivity contribution in [3.63, 3.8) is 0 Å². The molecule has 6 heteroatoms. The summed E-state index contributed by atoms with van der Waals surface area (Å²) in [5, 5.41) is 2.94. The number of benzene rings is 2. The Bertz CT molecular complexity index is 805. The number of halogens is 1. The molecule has 0 atom stereocenters. The number of likely N-dealkylation sites (tertiary alicyclic amines) is 1. The summed E-state index contributed by atoms with van der Waals surface area (Å²) < 4.78 is 19.1. The summed E-state index contributed by atoms with van der Waals surface area (Å²) in [6, 6.07) is 15.8. The molecule has 0 spiro atoms. The van der Waals surface area contributed by atoms with Crippen LogP contribution < -0.4 is 10.1 Å². The molecule has 1 N–H and O–H groups in total. The van der Waals surface area contributed by atoms with Crippen molar-refractivity contribution in [2.75, 3.05) is 26.2 Å². The number of rotatable bonds is 8. The van der Waals surface area contributed by atoms with Crippen LogP contribution >= 0.6 is 0 Å². The fraction of sp³-hybridized carbons (Fsp3) is 0.391. The van der Waals surface area contributed by atoms with Crippen LogP contribution in [0.3, 0.4) is 0 Å². The van der Waals surface area contributed by atoms with E-state index < -0.39 is 0 Å². The third-order valence-corrected chi connectivity index (χ3v) is 5.24. The van der Waals surface area contributed by atoms with Crippen molar-refractivity contribution in [3.05, 3.63) is 66.0 Å². The van der Waals surface area contributed by atoms with Crippen LogP contribution in [-0.4, -0.2) is 43.0 Å². The Morgan fingerprint density at radius 2 is 1.72 bits per heavy atom. The number of ether oxygens (including phenoxy) is 1. The summed E-state index contributed by atoms with van der Waals surface area (Å²) in [5.74, 6) is 0.693. The van der Waals surface area contributed by atoms with Gasteiger partial charge in [-0.1, -0.05) is 36.4 Å². The number of carbonyl (C=O) groups is 2. The molecule has 2 aromatic rings. The van der Waals surface area contributed by atoms with E-state index in [1.54, 1.807) is 18.2 Å². The lowest BCUT2D eigenvalue weighted by molar-refractivity contribution is -0.135. The van der Waals surface area contributed by atoms with Crippen molar-refractivity contribution in [2.24, 2.45) is 5.92 Å². The van der Waals surface area contributed by atoms with E-state index in [-0.39, 0.29) is 30.7 Å². The van der Waals surface area contributed by atoms with Crippen LogP contribution in [0, 0.1) is 11.7 Å². The van der Waals surface area contributed by atoms with Crippen LogP contribution in [0.4, 0.5) is 4.39 Å². The second-order valence-electron chi connectivity index (χ2n) is 7.32. The van der Waals surface area contributed by atoms with Crippen molar-refractivity contribution in [1.29, 1.82) is 0 Å². The third kappa shape index (κ3) is 6.59. The zero-order chi connectivity index (χ0) is 20.5. The summed E-state index contributed by atoms with van der Waals surface area (Å²) in [5.41, 5.74) is 0.562. The average Bonchev–Trinajstić information content (AvgIpc) is 2.76. The fourth-order valence-corrected chi connectivity index (χ4v) is 3.44. The Hall–Kier alpha value is -2.89. The quantitative estimate of drug-likeness (QED) is 0.743. The van der Waals surface area contributed by atoms with Crippen LogP contribution in [0.25, 0.3) is 0 Å². The summed E-state index contributed by atoms with van der Waals surface area (Å²) in [7, 11) is 0. The normalized spacial score (nSPS) is 14.4. The molecule has 1 saturated heterocycles. The molecule has 29 heavy (non-hydrogen) atoms. The molecule has 1 fully saturated rings. The van der Waals surface area contributed by atoms with E-state index in [0.717, 1.165) is 12.8 Å². The van der Waals surface area contributed by atoms with Gasteiger partial charge in [0.2, 0.25) is 5.91 Å². The van der Waals surface area contributed by atoms with E-state index >= 15 is 0 Å². The molecule has 0 unspecified atom stereocenters. The first-order valence-corrected chi connectivity index (χ1v) is 10.1. The molecule has 1 aliphatic rings. The van der Waals surface area contributed by atoms with Gasteiger partial charge in [0.15, 0.2) is 6.61 Å². The van der Waals surface area contributed by atoms with Gasteiger partial charge < -0.3 is 15.0 Å². The topological polar surface area (TPSA) is 58.6 Å². The number of hydrogen-bond donors (Lipinski definition) is 1. The van der Waals surface area contributed by atoms with Gasteiger partial charge in [-0.25, -0.2) is 4.39 Å². The minimum Gasteiger partial charge on any atom is -0.484 e. The van der Waals surface area contributed by atoms with Gasteiger partial charge >= 0.3 is 0 Å². The van der Waals surface area contributed by atoms with Crippen LogP contribution in [-0.2, 0) is 16.0 Å². The first-order valence-electron chi connectivity index (χ1n) is 10.1. The first kappa shape index (κ1) is 20.8. The monoisotopic (exact) mass is 398 g/mol. The van der Waals surface area contributed by atoms with Gasteiger partial charge in [-0.05, 0) is 48.9 Å². The molecule has 5 nitrogen and oxygen atoms in total. The highest BCUT2D eigenvalue weighted by Crippen LogP contribution is 2.17. The largest absolute Gasteiger partial charge is 0.484 e. The zero-order valence-corrected chi connectivity index (χ0v) is 16.5. The average molecular weight is 398 g/mol. The lowest BCUT2D eigenvalue weighted by atomic mass is 9.96. The molecule has 0 saturated carbocycles. The maximum atomic E-state index is 13.6. The minimum absolute atomic E-state index is 0.0128. The SMILES string of the molecule is O=C(CCc1ccccc1F)NCC1CCN(C(=O)COc2ccccc2)CC1. The standard InChI is InChI=1S/C23H27FN2O3/c24-21-9-5-4-6-19(21)10-11-22(27)25-16-18-12-14-26(15-13-18)23(28)17-29-20-7-2-1-3-8-20/h1-9,18H,10-17H2,(H,25,27). The fourth-order valence-electron chi connectivity index (χ4n) is 3.44. The molecule has 1 heterocycles. The molecule has 2 amide bonds. The number of nitrogens with zero attached hydrogens (tertiary/aromatic N) is 1. The van der Waals surface area contributed by atoms with E-state index in [0.29, 0.717) is 43.3 Å². The van der Waals surface area contributed by atoms with E-state index in [1.807, 2.05) is 35.2 Å². The van der Waals surface area contributed by atoms with Gasteiger partial charge in [0.1, 0.15) is 11.6 Å². The van der Waals surface area contributed by atoms with Crippen molar-refractivity contribution in [3.8, 4) is 5.75 Å². The minimum atomic E-state index is -0.270. The number of hydrogen-bond acceptors (Lipinski definition) is 3. The number of amides is 2. The highest BCUT2D eigenvalue weighted by Gasteiger charge is 2.23. The van der Waals surface area contributed by atoms with Gasteiger partial charge in [-0.2, -0.15) is 0 Å². The summed E-state index contributed by atoms with van der Waals surface area (Å²) >= 11 is 0. The van der Waals surface area contributed by atoms with Crippen molar-refractivity contribution in [2.45, 2.75) is 25.7 Å². The maximum absolute atomic E-state index is 13.6. The number of nitrogens with one attached hydrogen (secondary N) is 1. The number of aryl methyl sites for hydroxylation is 1. The molecule has 3 rings (SSSR count). The van der Waals surface area contributed by atoms with Crippen molar-refractivity contribution < 1.29 is 18.7 Å². The molecule has 0 bridgehead atoms. The maximum Gasteiger partial charge on any atom is 0.260 e. The van der Waals surface area contributed by atoms with Gasteiger partial charge in [0, 0.05) is 26.1 Å². The zero-order valence-electron chi connectivity index (χ0n) is 16.5. The lowest BCUT2D eigenvalue weighted by Crippen LogP contribution is -2.43. The Labute approximate surface area is 170 Å². The van der Waals surface area contributed by atoms with Crippen molar-refractivity contribution >= 4 is 11.8 Å². The third-order valence-electron chi connectivity index (χ3n) is 5.24. The molecule has 0 aromatic heterocycles. The molecule has 0 radical (unpaired) electrons. The van der Waals surface area contributed by atoms with E-state index in [9.17, 15) is 14.0 Å². The second kappa shape index (κ2) is 10.6. The molecule has 2 aromatic carbocycles. The Morgan fingerprint density at radius 1 is 1.03 bits per heavy atom. The van der Waals surface area contributed by atoms with E-state index in [1.165, 1.54) is 6.07 Å². The van der Waals surface area contributed by atoms with Crippen molar-refractivity contribution in [1.82, 2.24) is 10.2 Å². The summed E-state index contributed by atoms with van der Waals surface area (Å²) in [6.07, 6.45) is 2.37. The molecule has 0 aliphatic carbocycles. The summed E-state index contributed by atoms with van der Waals surface area (Å²) in [6.45, 7) is 1.99. The van der Waals surface area contributed by atoms with Gasteiger partial charge in [0.25, 0.3) is 5.91 Å². The Kier molecular flexibility index (Phi) is 7.61. The first-order chi connectivity index (χ1) is 14.1. The Morgan fingerprint density at radius 3 is 2.45 bits per heavy atom. The number of carbonyl (C=O) groups excluding carboxylic acids is 2. The second-order valence-corrected chi connectivity index (χ2v) is 7.32. The molecule has 1 aliphatic heterocycles. The number of para-hydroxylation sites is 1. The highest BCUT2D eigenvalue weighted by atomic mass is 19.1. The van der Waals surface area contributed by atoms with Crippen LogP contribution in [0.5, 0.6) is 5.75 Å². The Balaban J connectivity index is 1.31. The van der Waals surface area contributed by atoms with Crippen LogP contribution in [0.1, 0.15) is 24.8 Å². The van der Waals surface area contributed by atoms with Gasteiger partial charge in [0.05, 0.1) is 0 Å². The predicted octanol–water partition coefficient (Wildman–Crippen LogP) is 3.19. The van der Waals surface area contributed by atoms with Gasteiger partial charge in [-0.3, -0.25) is 9.59 Å². The molecular formula is C23H27FN2O3. The van der Waals surface area contributed by atoms with Crippen LogP contribution in [0.2, 0.25) is 0 Å². The lowest BCUT2D eigenvalue weighted by Gasteiger charge is -2.32. The number of piperidine rings is 1. The van der Waals surface area contributed by atoms with E-state index in [4.69, 9.17) is 4.74 Å². The predicted molar refractivity (Wildman–Crippen MR) is 109 cm³/mol. The molecular weight excluding hydrogens is 371 g/mol. The highest BCUT2D eigenvalue weighted by molar-refractivity contribution is 5.78. The summed E-state index contributed by atoms with van der Waals surface area (Å²) in [4.78, 5) is 26.2. The molecule has 154 valence electrons. The smallest absolute Gasteiger partial charge is 0.260 e. The van der Waals surface area contributed by atoms with Gasteiger partial charge in [-0.15, -0.1) is 0 Å².